The third-order valence-corrected chi connectivity index (χ3v) is 6.01. The van der Waals surface area contributed by atoms with E-state index in [0.717, 1.165) is 19.3 Å². The predicted octanol–water partition coefficient (Wildman–Crippen LogP) is 3.27. The summed E-state index contributed by atoms with van der Waals surface area (Å²) in [5.74, 6) is 1.17. The fourth-order valence-corrected chi connectivity index (χ4v) is 4.79. The van der Waals surface area contributed by atoms with Crippen molar-refractivity contribution in [2.75, 3.05) is 0 Å². The summed E-state index contributed by atoms with van der Waals surface area (Å²) in [6.07, 6.45) is 9.64. The van der Waals surface area contributed by atoms with Crippen LogP contribution in [0.25, 0.3) is 0 Å². The standard InChI is InChI=1S/C17H24O2/c1-16(2)14-7-4-11-10-12(18)5-6-13(11)17(14,3)9-8-15(16)19/h4,7,10,13-15,19H,5-6,8-9H2,1-3H3/t13-,14-,15-,17+/m0/s1. The summed E-state index contributed by atoms with van der Waals surface area (Å²) in [7, 11) is 0. The fraction of sp³-hybridized carbons (Fsp3) is 0.706. The van der Waals surface area contributed by atoms with Crippen molar-refractivity contribution in [3.63, 3.8) is 0 Å². The monoisotopic (exact) mass is 260 g/mol. The Bertz CT molecular complexity index is 472. The second-order valence-corrected chi connectivity index (χ2v) is 7.42. The Labute approximate surface area is 115 Å². The van der Waals surface area contributed by atoms with Gasteiger partial charge in [-0.1, -0.05) is 32.9 Å². The maximum Gasteiger partial charge on any atom is 0.155 e. The van der Waals surface area contributed by atoms with E-state index in [4.69, 9.17) is 0 Å². The third kappa shape index (κ3) is 1.76. The molecule has 0 amide bonds. The van der Waals surface area contributed by atoms with E-state index in [1.165, 1.54) is 5.57 Å². The molecule has 0 saturated heterocycles. The molecule has 0 heterocycles. The maximum atomic E-state index is 11.6. The first kappa shape index (κ1) is 13.1. The number of aliphatic hydroxyl groups is 1. The van der Waals surface area contributed by atoms with Gasteiger partial charge in [0.2, 0.25) is 0 Å². The Kier molecular flexibility index (Phi) is 2.79. The van der Waals surface area contributed by atoms with E-state index in [9.17, 15) is 9.90 Å². The van der Waals surface area contributed by atoms with E-state index >= 15 is 0 Å². The number of carbonyl (C=O) groups excluding carboxylic acids is 1. The Hall–Kier alpha value is -0.890. The number of hydrogen-bond acceptors (Lipinski definition) is 2. The van der Waals surface area contributed by atoms with Crippen molar-refractivity contribution >= 4 is 5.78 Å². The first-order valence-electron chi connectivity index (χ1n) is 7.46. The van der Waals surface area contributed by atoms with Gasteiger partial charge < -0.3 is 5.11 Å². The molecule has 19 heavy (non-hydrogen) atoms. The molecule has 0 aromatic heterocycles. The second-order valence-electron chi connectivity index (χ2n) is 7.42. The van der Waals surface area contributed by atoms with Gasteiger partial charge in [0.25, 0.3) is 0 Å². The average Bonchev–Trinajstić information content (AvgIpc) is 2.34. The normalized spacial score (nSPS) is 44.3. The van der Waals surface area contributed by atoms with Crippen molar-refractivity contribution in [3.05, 3.63) is 23.8 Å². The molecular weight excluding hydrogens is 236 g/mol. The van der Waals surface area contributed by atoms with Gasteiger partial charge in [0, 0.05) is 6.42 Å². The largest absolute Gasteiger partial charge is 0.393 e. The Morgan fingerprint density at radius 3 is 2.74 bits per heavy atom. The van der Waals surface area contributed by atoms with Crippen molar-refractivity contribution < 1.29 is 9.90 Å². The van der Waals surface area contributed by atoms with Crippen molar-refractivity contribution in [2.24, 2.45) is 22.7 Å². The molecule has 3 rings (SSSR count). The summed E-state index contributed by atoms with van der Waals surface area (Å²) in [5.41, 5.74) is 1.35. The lowest BCUT2D eigenvalue weighted by molar-refractivity contribution is -0.118. The van der Waals surface area contributed by atoms with Gasteiger partial charge in [-0.25, -0.2) is 0 Å². The topological polar surface area (TPSA) is 37.3 Å². The quantitative estimate of drug-likeness (QED) is 0.726. The number of fused-ring (bicyclic) bond motifs is 3. The van der Waals surface area contributed by atoms with E-state index < -0.39 is 0 Å². The van der Waals surface area contributed by atoms with Crippen LogP contribution in [-0.2, 0) is 4.79 Å². The smallest absolute Gasteiger partial charge is 0.155 e. The molecule has 0 unspecified atom stereocenters. The third-order valence-electron chi connectivity index (χ3n) is 6.01. The zero-order valence-electron chi connectivity index (χ0n) is 12.1. The number of rotatable bonds is 0. The van der Waals surface area contributed by atoms with Gasteiger partial charge in [-0.15, -0.1) is 0 Å². The minimum absolute atomic E-state index is 0.0729. The lowest BCUT2D eigenvalue weighted by atomic mass is 9.47. The van der Waals surface area contributed by atoms with Gasteiger partial charge in [0.05, 0.1) is 6.10 Å². The van der Waals surface area contributed by atoms with Gasteiger partial charge in [0.1, 0.15) is 0 Å². The van der Waals surface area contributed by atoms with Crippen LogP contribution in [0.4, 0.5) is 0 Å². The first-order chi connectivity index (χ1) is 8.85. The van der Waals surface area contributed by atoms with Crippen LogP contribution < -0.4 is 0 Å². The molecule has 1 saturated carbocycles. The van der Waals surface area contributed by atoms with Crippen molar-refractivity contribution in [2.45, 2.75) is 52.6 Å². The van der Waals surface area contributed by atoms with Crippen LogP contribution in [-0.4, -0.2) is 17.0 Å². The molecule has 0 aromatic rings. The molecule has 1 N–H and O–H groups in total. The number of allylic oxidation sites excluding steroid dienone is 4. The molecule has 0 aromatic carbocycles. The number of carbonyl (C=O) groups is 1. The van der Waals surface area contributed by atoms with Gasteiger partial charge in [-0.2, -0.15) is 0 Å². The molecule has 2 nitrogen and oxygen atoms in total. The molecule has 0 radical (unpaired) electrons. The molecule has 2 heteroatoms. The lowest BCUT2D eigenvalue weighted by Crippen LogP contribution is -2.53. The summed E-state index contributed by atoms with van der Waals surface area (Å²) in [4.78, 5) is 11.6. The molecular formula is C17H24O2. The minimum atomic E-state index is -0.217. The van der Waals surface area contributed by atoms with Crippen LogP contribution >= 0.6 is 0 Å². The fourth-order valence-electron chi connectivity index (χ4n) is 4.79. The summed E-state index contributed by atoms with van der Waals surface area (Å²) in [6, 6.07) is 0. The van der Waals surface area contributed by atoms with Crippen molar-refractivity contribution in [1.29, 1.82) is 0 Å². The molecule has 1 fully saturated rings. The molecule has 0 aliphatic heterocycles. The van der Waals surface area contributed by atoms with Crippen LogP contribution in [0, 0.1) is 22.7 Å². The van der Waals surface area contributed by atoms with Gasteiger partial charge in [-0.05, 0) is 53.6 Å². The lowest BCUT2D eigenvalue weighted by Gasteiger charge is -2.57. The Morgan fingerprint density at radius 1 is 1.26 bits per heavy atom. The Morgan fingerprint density at radius 2 is 2.00 bits per heavy atom. The van der Waals surface area contributed by atoms with Crippen LogP contribution in [0.1, 0.15) is 46.5 Å². The molecule has 3 aliphatic carbocycles. The SMILES string of the molecule is CC1(C)[C@@H](O)CC[C@]2(C)[C@H]3CCC(=O)C=C3C=C[C@@H]12. The molecule has 3 aliphatic rings. The predicted molar refractivity (Wildman–Crippen MR) is 75.6 cm³/mol. The van der Waals surface area contributed by atoms with Crippen LogP contribution in [0.2, 0.25) is 0 Å². The summed E-state index contributed by atoms with van der Waals surface area (Å²) in [6.45, 7) is 6.74. The molecule has 4 atom stereocenters. The zero-order valence-corrected chi connectivity index (χ0v) is 12.1. The van der Waals surface area contributed by atoms with Crippen LogP contribution in [0.5, 0.6) is 0 Å². The molecule has 104 valence electrons. The number of aliphatic hydroxyl groups excluding tert-OH is 1. The minimum Gasteiger partial charge on any atom is -0.393 e. The van der Waals surface area contributed by atoms with Crippen molar-refractivity contribution in [1.82, 2.24) is 0 Å². The zero-order chi connectivity index (χ0) is 13.8. The van der Waals surface area contributed by atoms with Crippen molar-refractivity contribution in [3.8, 4) is 0 Å². The van der Waals surface area contributed by atoms with Gasteiger partial charge in [-0.3, -0.25) is 4.79 Å². The average molecular weight is 260 g/mol. The highest BCUT2D eigenvalue weighted by Crippen LogP contribution is 2.60. The van der Waals surface area contributed by atoms with Crippen LogP contribution in [0.15, 0.2) is 23.8 Å². The van der Waals surface area contributed by atoms with Crippen LogP contribution in [0.3, 0.4) is 0 Å². The highest BCUT2D eigenvalue weighted by atomic mass is 16.3. The molecule has 0 bridgehead atoms. The van der Waals surface area contributed by atoms with E-state index in [1.807, 2.05) is 6.08 Å². The number of hydrogen-bond donors (Lipinski definition) is 1. The highest BCUT2D eigenvalue weighted by Gasteiger charge is 2.55. The maximum absolute atomic E-state index is 11.6. The Balaban J connectivity index is 2.06. The van der Waals surface area contributed by atoms with E-state index in [1.54, 1.807) is 0 Å². The summed E-state index contributed by atoms with van der Waals surface area (Å²) >= 11 is 0. The van der Waals surface area contributed by atoms with E-state index in [-0.39, 0.29) is 22.7 Å². The first-order valence-corrected chi connectivity index (χ1v) is 7.46. The number of ketones is 1. The van der Waals surface area contributed by atoms with Gasteiger partial charge >= 0.3 is 0 Å². The van der Waals surface area contributed by atoms with Gasteiger partial charge in [0.15, 0.2) is 5.78 Å². The molecule has 0 spiro atoms. The summed E-state index contributed by atoms with van der Waals surface area (Å²) in [5, 5.41) is 10.3. The van der Waals surface area contributed by atoms with E-state index in [2.05, 4.69) is 32.9 Å². The summed E-state index contributed by atoms with van der Waals surface area (Å²) < 4.78 is 0. The van der Waals surface area contributed by atoms with E-state index in [0.29, 0.717) is 18.3 Å². The highest BCUT2D eigenvalue weighted by molar-refractivity contribution is 5.92. The second kappa shape index (κ2) is 4.05.